The second-order valence-corrected chi connectivity index (χ2v) is 6.19. The van der Waals surface area contributed by atoms with E-state index in [1.807, 2.05) is 6.92 Å². The average Bonchev–Trinajstić information content (AvgIpc) is 2.88. The Hall–Kier alpha value is -0.950. The fraction of sp³-hybridized carbons (Fsp3) is 0.250. The van der Waals surface area contributed by atoms with Gasteiger partial charge in [0.15, 0.2) is 0 Å². The topological polar surface area (TPSA) is 70.7 Å². The second-order valence-electron chi connectivity index (χ2n) is 4.00. The van der Waals surface area contributed by atoms with Gasteiger partial charge in [-0.1, -0.05) is 53.5 Å². The number of carbonyl (C=O) groups excluding carboxylic acids is 1. The Morgan fingerprint density at radius 2 is 2.00 bits per heavy atom. The molecule has 5 nitrogen and oxygen atoms in total. The first-order valence-corrected chi connectivity index (χ1v) is 8.10. The largest absolute Gasteiger partial charge is 0.323 e. The van der Waals surface area contributed by atoms with Gasteiger partial charge in [-0.3, -0.25) is 9.89 Å². The Bertz CT molecular complexity index is 639. The van der Waals surface area contributed by atoms with E-state index < -0.39 is 0 Å². The van der Waals surface area contributed by atoms with Gasteiger partial charge in [-0.15, -0.1) is 5.10 Å². The molecular weight excluding hydrogens is 355 g/mol. The van der Waals surface area contributed by atoms with E-state index >= 15 is 0 Å². The molecule has 0 aliphatic heterocycles. The third-order valence-electron chi connectivity index (χ3n) is 2.45. The molecule has 1 aromatic heterocycles. The summed E-state index contributed by atoms with van der Waals surface area (Å²) in [6, 6.07) is 3.03. The Kier molecular flexibility index (Phi) is 5.75. The van der Waals surface area contributed by atoms with E-state index in [0.29, 0.717) is 15.9 Å². The first kappa shape index (κ1) is 16.4. The maximum Gasteiger partial charge on any atom is 0.234 e. The number of rotatable bonds is 5. The van der Waals surface area contributed by atoms with Crippen LogP contribution in [0.2, 0.25) is 15.1 Å². The highest BCUT2D eigenvalue weighted by Crippen LogP contribution is 2.33. The van der Waals surface area contributed by atoms with Crippen molar-refractivity contribution >= 4 is 58.2 Å². The number of thioether (sulfide) groups is 1. The molecule has 0 spiro atoms. The van der Waals surface area contributed by atoms with E-state index in [9.17, 15) is 4.79 Å². The van der Waals surface area contributed by atoms with Crippen molar-refractivity contribution in [2.24, 2.45) is 0 Å². The SMILES string of the molecule is CCc1nc(SCC(=O)Nc2c(Cl)cc(Cl)cc2Cl)n[nH]1. The van der Waals surface area contributed by atoms with Crippen LogP contribution in [0.25, 0.3) is 0 Å². The number of benzene rings is 1. The molecule has 0 aliphatic carbocycles. The zero-order valence-corrected chi connectivity index (χ0v) is 14.0. The summed E-state index contributed by atoms with van der Waals surface area (Å²) in [5.74, 6) is 0.673. The molecule has 0 saturated heterocycles. The van der Waals surface area contributed by atoms with Gasteiger partial charge in [0.05, 0.1) is 21.5 Å². The molecule has 0 saturated carbocycles. The highest BCUT2D eigenvalue weighted by molar-refractivity contribution is 7.99. The number of halogens is 3. The van der Waals surface area contributed by atoms with E-state index in [1.165, 1.54) is 23.9 Å². The summed E-state index contributed by atoms with van der Waals surface area (Å²) >= 11 is 19.0. The van der Waals surface area contributed by atoms with E-state index in [1.54, 1.807) is 0 Å². The van der Waals surface area contributed by atoms with Crippen LogP contribution in [0.1, 0.15) is 12.7 Å². The summed E-state index contributed by atoms with van der Waals surface area (Å²) in [4.78, 5) is 16.1. The minimum atomic E-state index is -0.256. The lowest BCUT2D eigenvalue weighted by molar-refractivity contribution is -0.113. The van der Waals surface area contributed by atoms with Crippen molar-refractivity contribution in [3.05, 3.63) is 33.0 Å². The second kappa shape index (κ2) is 7.35. The quantitative estimate of drug-likeness (QED) is 0.784. The number of aromatic nitrogens is 3. The average molecular weight is 366 g/mol. The van der Waals surface area contributed by atoms with E-state index in [4.69, 9.17) is 34.8 Å². The molecule has 2 aromatic rings. The van der Waals surface area contributed by atoms with Gasteiger partial charge in [-0.25, -0.2) is 4.98 Å². The summed E-state index contributed by atoms with van der Waals surface area (Å²) in [5, 5.41) is 10.9. The van der Waals surface area contributed by atoms with Gasteiger partial charge in [0.1, 0.15) is 5.82 Å². The van der Waals surface area contributed by atoms with Crippen LogP contribution < -0.4 is 5.32 Å². The van der Waals surface area contributed by atoms with Crippen LogP contribution in [0.3, 0.4) is 0 Å². The first-order chi connectivity index (χ1) is 9.99. The molecule has 1 amide bonds. The van der Waals surface area contributed by atoms with E-state index in [2.05, 4.69) is 20.5 Å². The molecule has 112 valence electrons. The lowest BCUT2D eigenvalue weighted by Crippen LogP contribution is -2.14. The fourth-order valence-electron chi connectivity index (χ4n) is 1.47. The van der Waals surface area contributed by atoms with Crippen LogP contribution >= 0.6 is 46.6 Å². The highest BCUT2D eigenvalue weighted by atomic mass is 35.5. The monoisotopic (exact) mass is 364 g/mol. The zero-order valence-electron chi connectivity index (χ0n) is 10.9. The van der Waals surface area contributed by atoms with Crippen LogP contribution in [0.4, 0.5) is 5.69 Å². The van der Waals surface area contributed by atoms with Gasteiger partial charge in [-0.2, -0.15) is 0 Å². The number of nitrogens with zero attached hydrogens (tertiary/aromatic N) is 2. The summed E-state index contributed by atoms with van der Waals surface area (Å²) in [6.07, 6.45) is 0.760. The zero-order chi connectivity index (χ0) is 15.4. The first-order valence-electron chi connectivity index (χ1n) is 5.98. The molecule has 0 aliphatic rings. The van der Waals surface area contributed by atoms with Crippen LogP contribution in [0, 0.1) is 0 Å². The number of hydrogen-bond acceptors (Lipinski definition) is 4. The Morgan fingerprint density at radius 1 is 1.33 bits per heavy atom. The van der Waals surface area contributed by atoms with Crippen molar-refractivity contribution in [2.75, 3.05) is 11.1 Å². The molecule has 9 heteroatoms. The van der Waals surface area contributed by atoms with Gasteiger partial charge in [0, 0.05) is 11.4 Å². The summed E-state index contributed by atoms with van der Waals surface area (Å²) in [5.41, 5.74) is 0.345. The lowest BCUT2D eigenvalue weighted by Gasteiger charge is -2.09. The number of H-pyrrole nitrogens is 1. The third kappa shape index (κ3) is 4.51. The molecule has 0 radical (unpaired) electrons. The molecule has 0 fully saturated rings. The molecule has 0 bridgehead atoms. The normalized spacial score (nSPS) is 10.7. The third-order valence-corrected chi connectivity index (χ3v) is 4.11. The van der Waals surface area contributed by atoms with E-state index in [-0.39, 0.29) is 21.7 Å². The van der Waals surface area contributed by atoms with Crippen molar-refractivity contribution < 1.29 is 4.79 Å². The summed E-state index contributed by atoms with van der Waals surface area (Å²) < 4.78 is 0. The van der Waals surface area contributed by atoms with Crippen LogP contribution in [-0.2, 0) is 11.2 Å². The predicted octanol–water partition coefficient (Wildman–Crippen LogP) is 4.06. The lowest BCUT2D eigenvalue weighted by atomic mass is 10.3. The molecule has 0 atom stereocenters. The molecule has 0 unspecified atom stereocenters. The maximum atomic E-state index is 11.9. The molecular formula is C12H11Cl3N4OS. The standard InChI is InChI=1S/C12H11Cl3N4OS/c1-2-9-16-12(19-18-9)21-5-10(20)17-11-7(14)3-6(13)4-8(11)15/h3-4H,2,5H2,1H3,(H,17,20)(H,16,18,19). The molecule has 1 aromatic carbocycles. The van der Waals surface area contributed by atoms with Gasteiger partial charge >= 0.3 is 0 Å². The summed E-state index contributed by atoms with van der Waals surface area (Å²) in [6.45, 7) is 1.96. The number of amides is 1. The summed E-state index contributed by atoms with van der Waals surface area (Å²) in [7, 11) is 0. The predicted molar refractivity (Wildman–Crippen MR) is 86.6 cm³/mol. The van der Waals surface area contributed by atoms with Gasteiger partial charge in [0.2, 0.25) is 11.1 Å². The number of anilines is 1. The van der Waals surface area contributed by atoms with Crippen LogP contribution in [-0.4, -0.2) is 26.8 Å². The van der Waals surface area contributed by atoms with Crippen LogP contribution in [0.15, 0.2) is 17.3 Å². The van der Waals surface area contributed by atoms with Gasteiger partial charge < -0.3 is 5.32 Å². The Labute approximate surface area is 140 Å². The van der Waals surface area contributed by atoms with Crippen LogP contribution in [0.5, 0.6) is 0 Å². The number of aryl methyl sites for hydroxylation is 1. The molecule has 1 heterocycles. The van der Waals surface area contributed by atoms with Crippen molar-refractivity contribution in [1.82, 2.24) is 15.2 Å². The smallest absolute Gasteiger partial charge is 0.234 e. The maximum absolute atomic E-state index is 11.9. The number of carbonyl (C=O) groups is 1. The molecule has 2 N–H and O–H groups in total. The van der Waals surface area contributed by atoms with E-state index in [0.717, 1.165) is 12.2 Å². The van der Waals surface area contributed by atoms with Crippen molar-refractivity contribution in [2.45, 2.75) is 18.5 Å². The number of nitrogens with one attached hydrogen (secondary N) is 2. The minimum absolute atomic E-state index is 0.149. The van der Waals surface area contributed by atoms with Crippen molar-refractivity contribution in [1.29, 1.82) is 0 Å². The Morgan fingerprint density at radius 3 is 2.57 bits per heavy atom. The number of hydrogen-bond donors (Lipinski definition) is 2. The molecule has 21 heavy (non-hydrogen) atoms. The van der Waals surface area contributed by atoms with Crippen molar-refractivity contribution in [3.8, 4) is 0 Å². The van der Waals surface area contributed by atoms with Gasteiger partial charge in [-0.05, 0) is 12.1 Å². The minimum Gasteiger partial charge on any atom is -0.323 e. The number of aromatic amines is 1. The molecule has 2 rings (SSSR count). The fourth-order valence-corrected chi connectivity index (χ4v) is 3.00. The van der Waals surface area contributed by atoms with Crippen molar-refractivity contribution in [3.63, 3.8) is 0 Å². The Balaban J connectivity index is 1.96. The highest BCUT2D eigenvalue weighted by Gasteiger charge is 2.12. The van der Waals surface area contributed by atoms with Gasteiger partial charge in [0.25, 0.3) is 0 Å².